The molecule has 0 amide bonds. The number of aliphatic hydroxyl groups excluding tert-OH is 1. The van der Waals surface area contributed by atoms with Gasteiger partial charge in [0.15, 0.2) is 0 Å². The Morgan fingerprint density at radius 3 is 1.89 bits per heavy atom. The third-order valence-corrected chi connectivity index (χ3v) is 11.8. The molecule has 0 spiro atoms. The van der Waals surface area contributed by atoms with Gasteiger partial charge in [0.05, 0.1) is 29.3 Å². The zero-order valence-corrected chi connectivity index (χ0v) is 23.5. The number of unbranched alkanes of at least 4 members (excludes halogenated alkanes) is 1. The van der Waals surface area contributed by atoms with Crippen LogP contribution in [0.25, 0.3) is 0 Å². The maximum absolute atomic E-state index is 12.3. The SMILES string of the molecule is C[C@@H](O)[C@H](CCCCOC(=O)c1ccc([N+](=O)[O-])cc1)O[Si](c1ccccc1)(c1ccccc1)C(C)(C)C. The lowest BCUT2D eigenvalue weighted by atomic mass is 10.1. The lowest BCUT2D eigenvalue weighted by Crippen LogP contribution is -2.68. The van der Waals surface area contributed by atoms with Gasteiger partial charge in [-0.05, 0) is 53.7 Å². The van der Waals surface area contributed by atoms with Crippen molar-refractivity contribution in [1.29, 1.82) is 0 Å². The van der Waals surface area contributed by atoms with Crippen molar-refractivity contribution < 1.29 is 24.0 Å². The second-order valence-electron chi connectivity index (χ2n) is 10.5. The minimum atomic E-state index is -2.81. The van der Waals surface area contributed by atoms with Gasteiger partial charge in [0.1, 0.15) is 0 Å². The topological polar surface area (TPSA) is 98.9 Å². The van der Waals surface area contributed by atoms with Crippen molar-refractivity contribution in [2.75, 3.05) is 6.61 Å². The van der Waals surface area contributed by atoms with E-state index in [9.17, 15) is 20.0 Å². The van der Waals surface area contributed by atoms with E-state index in [0.29, 0.717) is 19.3 Å². The summed E-state index contributed by atoms with van der Waals surface area (Å²) in [7, 11) is -2.81. The molecule has 0 aliphatic heterocycles. The predicted molar refractivity (Wildman–Crippen MR) is 151 cm³/mol. The van der Waals surface area contributed by atoms with Gasteiger partial charge in [-0.3, -0.25) is 10.1 Å². The van der Waals surface area contributed by atoms with Gasteiger partial charge in [-0.2, -0.15) is 0 Å². The van der Waals surface area contributed by atoms with Crippen molar-refractivity contribution in [2.45, 2.75) is 64.2 Å². The van der Waals surface area contributed by atoms with Crippen LogP contribution in [-0.4, -0.2) is 43.1 Å². The molecule has 0 bridgehead atoms. The molecule has 0 heterocycles. The summed E-state index contributed by atoms with van der Waals surface area (Å²) in [5, 5.41) is 23.7. The number of aliphatic hydroxyl groups is 1. The molecule has 3 rings (SSSR count). The Kier molecular flexibility index (Phi) is 9.96. The van der Waals surface area contributed by atoms with Crippen LogP contribution in [-0.2, 0) is 9.16 Å². The Hall–Kier alpha value is -3.33. The molecule has 1 N–H and O–H groups in total. The fourth-order valence-corrected chi connectivity index (χ4v) is 9.52. The molecule has 3 aromatic carbocycles. The molecule has 8 heteroatoms. The summed E-state index contributed by atoms with van der Waals surface area (Å²) in [6.45, 7) is 8.58. The first-order valence-corrected chi connectivity index (χ1v) is 14.9. The van der Waals surface area contributed by atoms with Crippen molar-refractivity contribution in [3.63, 3.8) is 0 Å². The number of carbonyl (C=O) groups is 1. The largest absolute Gasteiger partial charge is 0.462 e. The molecule has 202 valence electrons. The normalized spacial score (nSPS) is 13.5. The Morgan fingerprint density at radius 1 is 0.921 bits per heavy atom. The van der Waals surface area contributed by atoms with Crippen LogP contribution in [0.15, 0.2) is 84.9 Å². The van der Waals surface area contributed by atoms with Gasteiger partial charge < -0.3 is 14.3 Å². The second-order valence-corrected chi connectivity index (χ2v) is 14.7. The van der Waals surface area contributed by atoms with E-state index in [-0.39, 0.29) is 22.9 Å². The van der Waals surface area contributed by atoms with Crippen LogP contribution >= 0.6 is 0 Å². The highest BCUT2D eigenvalue weighted by Crippen LogP contribution is 2.38. The number of nitro benzene ring substituents is 1. The number of carbonyl (C=O) groups excluding carboxylic acids is 1. The van der Waals surface area contributed by atoms with Crippen molar-refractivity contribution in [1.82, 2.24) is 0 Å². The van der Waals surface area contributed by atoms with E-state index in [2.05, 4.69) is 45.0 Å². The van der Waals surface area contributed by atoms with E-state index in [4.69, 9.17) is 9.16 Å². The molecule has 0 saturated carbocycles. The van der Waals surface area contributed by atoms with E-state index < -0.39 is 31.4 Å². The van der Waals surface area contributed by atoms with Crippen molar-refractivity contribution in [3.8, 4) is 0 Å². The standard InChI is InChI=1S/C30H37NO6Si/c1-23(32)28(17-11-12-22-36-29(33)24-18-20-25(21-19-24)31(34)35)37-38(30(2,3)4,26-13-7-5-8-14-26)27-15-9-6-10-16-27/h5-10,13-16,18-21,23,28,32H,11-12,17,22H2,1-4H3/t23-,28+/m1/s1. The summed E-state index contributed by atoms with van der Waals surface area (Å²) >= 11 is 0. The average molecular weight is 536 g/mol. The highest BCUT2D eigenvalue weighted by atomic mass is 28.4. The van der Waals surface area contributed by atoms with E-state index in [1.165, 1.54) is 24.3 Å². The van der Waals surface area contributed by atoms with E-state index in [1.807, 2.05) is 36.4 Å². The predicted octanol–water partition coefficient (Wildman–Crippen LogP) is 5.25. The Labute approximate surface area is 225 Å². The van der Waals surface area contributed by atoms with Gasteiger partial charge in [-0.15, -0.1) is 0 Å². The molecule has 0 aliphatic rings. The molecule has 3 aromatic rings. The number of nitrogens with zero attached hydrogens (tertiary/aromatic N) is 1. The van der Waals surface area contributed by atoms with Crippen LogP contribution in [0.5, 0.6) is 0 Å². The third-order valence-electron chi connectivity index (χ3n) is 6.71. The Morgan fingerprint density at radius 2 is 1.45 bits per heavy atom. The highest BCUT2D eigenvalue weighted by molar-refractivity contribution is 6.99. The molecule has 0 saturated heterocycles. The monoisotopic (exact) mass is 535 g/mol. The lowest BCUT2D eigenvalue weighted by molar-refractivity contribution is -0.384. The molecule has 0 radical (unpaired) electrons. The zero-order valence-electron chi connectivity index (χ0n) is 22.5. The third kappa shape index (κ3) is 6.95. The minimum absolute atomic E-state index is 0.0772. The first kappa shape index (κ1) is 29.2. The molecule has 2 atom stereocenters. The van der Waals surface area contributed by atoms with Gasteiger partial charge in [-0.25, -0.2) is 4.79 Å². The number of nitro groups is 1. The van der Waals surface area contributed by atoms with Crippen LogP contribution in [0.3, 0.4) is 0 Å². The minimum Gasteiger partial charge on any atom is -0.462 e. The molecular formula is C30H37NO6Si. The lowest BCUT2D eigenvalue weighted by Gasteiger charge is -2.45. The number of ether oxygens (including phenoxy) is 1. The van der Waals surface area contributed by atoms with Gasteiger partial charge in [-0.1, -0.05) is 81.4 Å². The summed E-state index contributed by atoms with van der Waals surface area (Å²) < 4.78 is 12.5. The summed E-state index contributed by atoms with van der Waals surface area (Å²) in [6.07, 6.45) is 0.830. The smallest absolute Gasteiger partial charge is 0.338 e. The molecule has 0 aromatic heterocycles. The van der Waals surface area contributed by atoms with E-state index >= 15 is 0 Å². The van der Waals surface area contributed by atoms with Gasteiger partial charge in [0.25, 0.3) is 14.0 Å². The van der Waals surface area contributed by atoms with E-state index in [0.717, 1.165) is 10.4 Å². The molecule has 0 fully saturated rings. The summed E-state index contributed by atoms with van der Waals surface area (Å²) in [6, 6.07) is 26.0. The maximum atomic E-state index is 12.3. The number of non-ortho nitro benzene ring substituents is 1. The second kappa shape index (κ2) is 13.0. The average Bonchev–Trinajstić information content (AvgIpc) is 2.90. The zero-order chi connectivity index (χ0) is 27.8. The van der Waals surface area contributed by atoms with Crippen LogP contribution < -0.4 is 10.4 Å². The summed E-state index contributed by atoms with van der Waals surface area (Å²) in [5.74, 6) is -0.518. The number of rotatable bonds is 12. The molecule has 0 unspecified atom stereocenters. The fourth-order valence-electron chi connectivity index (χ4n) is 4.73. The number of benzene rings is 3. The molecule has 7 nitrogen and oxygen atoms in total. The Bertz CT molecular complexity index is 1140. The fraction of sp³-hybridized carbons (Fsp3) is 0.367. The highest BCUT2D eigenvalue weighted by Gasteiger charge is 2.51. The van der Waals surface area contributed by atoms with Gasteiger partial charge in [0, 0.05) is 12.1 Å². The molecule has 0 aliphatic carbocycles. The first-order valence-electron chi connectivity index (χ1n) is 12.9. The van der Waals surface area contributed by atoms with Crippen molar-refractivity contribution >= 4 is 30.3 Å². The van der Waals surface area contributed by atoms with E-state index in [1.54, 1.807) is 6.92 Å². The summed E-state index contributed by atoms with van der Waals surface area (Å²) in [5.41, 5.74) is 0.194. The first-order chi connectivity index (χ1) is 18.1. The van der Waals surface area contributed by atoms with Crippen molar-refractivity contribution in [3.05, 3.63) is 101 Å². The van der Waals surface area contributed by atoms with Crippen LogP contribution in [0.1, 0.15) is 57.3 Å². The Balaban J connectivity index is 1.70. The van der Waals surface area contributed by atoms with Crippen LogP contribution in [0.4, 0.5) is 5.69 Å². The number of esters is 1. The quantitative estimate of drug-likeness (QED) is 0.112. The molecular weight excluding hydrogens is 498 g/mol. The van der Waals surface area contributed by atoms with Crippen LogP contribution in [0, 0.1) is 10.1 Å². The maximum Gasteiger partial charge on any atom is 0.338 e. The van der Waals surface area contributed by atoms with Gasteiger partial charge in [0.2, 0.25) is 0 Å². The summed E-state index contributed by atoms with van der Waals surface area (Å²) in [4.78, 5) is 22.6. The van der Waals surface area contributed by atoms with Gasteiger partial charge >= 0.3 is 5.97 Å². The van der Waals surface area contributed by atoms with Crippen molar-refractivity contribution in [2.24, 2.45) is 0 Å². The molecule has 38 heavy (non-hydrogen) atoms. The number of hydrogen-bond acceptors (Lipinski definition) is 6. The number of hydrogen-bond donors (Lipinski definition) is 1. The van der Waals surface area contributed by atoms with Crippen LogP contribution in [0.2, 0.25) is 5.04 Å².